The van der Waals surface area contributed by atoms with E-state index in [0.29, 0.717) is 11.6 Å². The van der Waals surface area contributed by atoms with Crippen LogP contribution in [-0.4, -0.2) is 15.0 Å². The molecule has 0 aliphatic heterocycles. The lowest BCUT2D eigenvalue weighted by Crippen LogP contribution is -2.00. The Morgan fingerprint density at radius 3 is 3.00 bits per heavy atom. The Labute approximate surface area is 109 Å². The van der Waals surface area contributed by atoms with Gasteiger partial charge in [-0.05, 0) is 30.3 Å². The lowest BCUT2D eigenvalue weighted by Gasteiger charge is -2.03. The summed E-state index contributed by atoms with van der Waals surface area (Å²) in [5.74, 6) is 0.851. The Bertz CT molecular complexity index is 644. The molecule has 4 nitrogen and oxygen atoms in total. The van der Waals surface area contributed by atoms with E-state index in [1.165, 1.54) is 0 Å². The molecule has 0 amide bonds. The predicted octanol–water partition coefficient (Wildman–Crippen LogP) is 3.22. The maximum Gasteiger partial charge on any atom is 0.177 e. The van der Waals surface area contributed by atoms with E-state index in [9.17, 15) is 0 Å². The molecule has 0 spiro atoms. The summed E-state index contributed by atoms with van der Waals surface area (Å²) in [4.78, 5) is 11.8. The van der Waals surface area contributed by atoms with Crippen molar-refractivity contribution in [1.82, 2.24) is 15.0 Å². The summed E-state index contributed by atoms with van der Waals surface area (Å²) < 4.78 is 0. The highest BCUT2D eigenvalue weighted by Crippen LogP contribution is 2.16. The number of anilines is 1. The highest BCUT2D eigenvalue weighted by molar-refractivity contribution is 6.30. The van der Waals surface area contributed by atoms with Crippen LogP contribution in [0.4, 0.5) is 5.69 Å². The molecule has 1 aromatic carbocycles. The second kappa shape index (κ2) is 4.66. The first kappa shape index (κ1) is 11.0. The van der Waals surface area contributed by atoms with Crippen molar-refractivity contribution in [2.75, 3.05) is 5.32 Å². The molecule has 0 saturated heterocycles. The van der Waals surface area contributed by atoms with Gasteiger partial charge in [0.1, 0.15) is 5.82 Å². The van der Waals surface area contributed by atoms with Crippen molar-refractivity contribution in [3.63, 3.8) is 0 Å². The van der Waals surface area contributed by atoms with Gasteiger partial charge in [-0.2, -0.15) is 0 Å². The number of benzene rings is 1. The van der Waals surface area contributed by atoms with Gasteiger partial charge in [-0.1, -0.05) is 17.7 Å². The number of imidazole rings is 1. The van der Waals surface area contributed by atoms with Gasteiger partial charge in [-0.3, -0.25) is 0 Å². The summed E-state index contributed by atoms with van der Waals surface area (Å²) in [6.45, 7) is 0.608. The van der Waals surface area contributed by atoms with Crippen LogP contribution < -0.4 is 5.32 Å². The van der Waals surface area contributed by atoms with Crippen LogP contribution in [0.3, 0.4) is 0 Å². The number of H-pyrrole nitrogens is 1. The van der Waals surface area contributed by atoms with Crippen LogP contribution in [0.2, 0.25) is 5.02 Å². The fourth-order valence-electron chi connectivity index (χ4n) is 1.76. The van der Waals surface area contributed by atoms with Crippen LogP contribution in [-0.2, 0) is 6.54 Å². The number of aromatic amines is 1. The SMILES string of the molecule is Clc1cccc(NCc2nc3ncccc3[nH]2)c1. The van der Waals surface area contributed by atoms with E-state index in [4.69, 9.17) is 11.6 Å². The molecule has 3 rings (SSSR count). The van der Waals surface area contributed by atoms with Crippen LogP contribution in [0, 0.1) is 0 Å². The van der Waals surface area contributed by atoms with Gasteiger partial charge in [0.25, 0.3) is 0 Å². The fourth-order valence-corrected chi connectivity index (χ4v) is 1.95. The third-order valence-corrected chi connectivity index (χ3v) is 2.83. The number of nitrogens with zero attached hydrogens (tertiary/aromatic N) is 2. The van der Waals surface area contributed by atoms with Crippen molar-refractivity contribution >= 4 is 28.5 Å². The normalized spacial score (nSPS) is 10.7. The van der Waals surface area contributed by atoms with Gasteiger partial charge in [0.2, 0.25) is 0 Å². The molecule has 2 heterocycles. The van der Waals surface area contributed by atoms with Gasteiger partial charge < -0.3 is 10.3 Å². The first-order valence-electron chi connectivity index (χ1n) is 5.60. The average molecular weight is 259 g/mol. The number of aromatic nitrogens is 3. The maximum atomic E-state index is 5.92. The lowest BCUT2D eigenvalue weighted by atomic mass is 10.3. The summed E-state index contributed by atoms with van der Waals surface area (Å²) >= 11 is 5.92. The van der Waals surface area contributed by atoms with Crippen LogP contribution in [0.1, 0.15) is 5.82 Å². The number of hydrogen-bond acceptors (Lipinski definition) is 3. The summed E-state index contributed by atoms with van der Waals surface area (Å²) in [6.07, 6.45) is 1.73. The van der Waals surface area contributed by atoms with E-state index in [1.54, 1.807) is 6.20 Å². The standard InChI is InChI=1S/C13H11ClN4/c14-9-3-1-4-10(7-9)16-8-12-17-11-5-2-6-15-13(11)18-12/h1-7,16H,8H2,(H,15,17,18). The third kappa shape index (κ3) is 2.28. The van der Waals surface area contributed by atoms with Crippen LogP contribution in [0.25, 0.3) is 11.2 Å². The van der Waals surface area contributed by atoms with E-state index in [1.807, 2.05) is 36.4 Å². The zero-order chi connectivity index (χ0) is 12.4. The minimum Gasteiger partial charge on any atom is -0.378 e. The van der Waals surface area contributed by atoms with Gasteiger partial charge in [0, 0.05) is 16.9 Å². The van der Waals surface area contributed by atoms with Gasteiger partial charge in [-0.25, -0.2) is 9.97 Å². The minimum absolute atomic E-state index is 0.608. The summed E-state index contributed by atoms with van der Waals surface area (Å²) in [5, 5.41) is 3.97. The molecular formula is C13H11ClN4. The topological polar surface area (TPSA) is 53.6 Å². The second-order valence-electron chi connectivity index (χ2n) is 3.92. The second-order valence-corrected chi connectivity index (χ2v) is 4.36. The zero-order valence-corrected chi connectivity index (χ0v) is 10.3. The predicted molar refractivity (Wildman–Crippen MR) is 72.7 cm³/mol. The zero-order valence-electron chi connectivity index (χ0n) is 9.52. The first-order chi connectivity index (χ1) is 8.81. The number of rotatable bonds is 3. The van der Waals surface area contributed by atoms with E-state index < -0.39 is 0 Å². The Kier molecular flexibility index (Phi) is 2.86. The minimum atomic E-state index is 0.608. The molecule has 0 radical (unpaired) electrons. The Morgan fingerprint density at radius 1 is 1.22 bits per heavy atom. The molecule has 2 N–H and O–H groups in total. The van der Waals surface area contributed by atoms with E-state index in [-0.39, 0.29) is 0 Å². The molecule has 2 aromatic heterocycles. The molecule has 0 aliphatic carbocycles. The molecule has 90 valence electrons. The molecule has 18 heavy (non-hydrogen) atoms. The first-order valence-corrected chi connectivity index (χ1v) is 5.98. The quantitative estimate of drug-likeness (QED) is 0.758. The molecule has 0 fully saturated rings. The molecule has 0 saturated carbocycles. The molecular weight excluding hydrogens is 248 g/mol. The van der Waals surface area contributed by atoms with E-state index in [2.05, 4.69) is 20.3 Å². The maximum absolute atomic E-state index is 5.92. The Morgan fingerprint density at radius 2 is 2.17 bits per heavy atom. The molecule has 5 heteroatoms. The van der Waals surface area contributed by atoms with Crippen molar-refractivity contribution in [3.8, 4) is 0 Å². The van der Waals surface area contributed by atoms with Crippen molar-refractivity contribution in [2.24, 2.45) is 0 Å². The fraction of sp³-hybridized carbons (Fsp3) is 0.0769. The third-order valence-electron chi connectivity index (χ3n) is 2.59. The summed E-state index contributed by atoms with van der Waals surface area (Å²) in [5.41, 5.74) is 2.65. The monoisotopic (exact) mass is 258 g/mol. The van der Waals surface area contributed by atoms with Crippen LogP contribution in [0.15, 0.2) is 42.6 Å². The molecule has 0 bridgehead atoms. The molecule has 0 aliphatic rings. The van der Waals surface area contributed by atoms with Crippen molar-refractivity contribution in [3.05, 3.63) is 53.4 Å². The van der Waals surface area contributed by atoms with E-state index in [0.717, 1.165) is 22.7 Å². The number of pyridine rings is 1. The van der Waals surface area contributed by atoms with Crippen LogP contribution in [0.5, 0.6) is 0 Å². The number of fused-ring (bicyclic) bond motifs is 1. The van der Waals surface area contributed by atoms with Crippen LogP contribution >= 0.6 is 11.6 Å². The van der Waals surface area contributed by atoms with Gasteiger partial charge in [0.15, 0.2) is 5.65 Å². The average Bonchev–Trinajstić information content (AvgIpc) is 2.79. The largest absolute Gasteiger partial charge is 0.378 e. The molecule has 0 unspecified atom stereocenters. The van der Waals surface area contributed by atoms with Crippen molar-refractivity contribution in [1.29, 1.82) is 0 Å². The Balaban J connectivity index is 1.76. The van der Waals surface area contributed by atoms with Gasteiger partial charge >= 0.3 is 0 Å². The van der Waals surface area contributed by atoms with Gasteiger partial charge in [-0.15, -0.1) is 0 Å². The van der Waals surface area contributed by atoms with Crippen molar-refractivity contribution < 1.29 is 0 Å². The number of hydrogen-bond donors (Lipinski definition) is 2. The summed E-state index contributed by atoms with van der Waals surface area (Å²) in [6, 6.07) is 11.4. The number of nitrogens with one attached hydrogen (secondary N) is 2. The Hall–Kier alpha value is -2.07. The summed E-state index contributed by atoms with van der Waals surface area (Å²) in [7, 11) is 0. The molecule has 3 aromatic rings. The number of halogens is 1. The van der Waals surface area contributed by atoms with E-state index >= 15 is 0 Å². The lowest BCUT2D eigenvalue weighted by molar-refractivity contribution is 1.01. The smallest absolute Gasteiger partial charge is 0.177 e. The van der Waals surface area contributed by atoms with Gasteiger partial charge in [0.05, 0.1) is 12.1 Å². The van der Waals surface area contributed by atoms with Crippen molar-refractivity contribution in [2.45, 2.75) is 6.54 Å². The highest BCUT2D eigenvalue weighted by atomic mass is 35.5. The highest BCUT2D eigenvalue weighted by Gasteiger charge is 2.02. The molecule has 0 atom stereocenters.